The summed E-state index contributed by atoms with van der Waals surface area (Å²) in [6.07, 6.45) is 79.6. The zero-order valence-corrected chi connectivity index (χ0v) is 52.5. The third-order valence-corrected chi connectivity index (χ3v) is 16.3. The molecule has 77 heavy (non-hydrogen) atoms. The fourth-order valence-corrected chi connectivity index (χ4v) is 11.0. The van der Waals surface area contributed by atoms with Crippen molar-refractivity contribution in [1.82, 2.24) is 0 Å². The smallest absolute Gasteiger partial charge is 0.306 e. The van der Waals surface area contributed by atoms with E-state index in [9.17, 15) is 14.4 Å². The van der Waals surface area contributed by atoms with Crippen LogP contribution in [0.1, 0.15) is 406 Å². The summed E-state index contributed by atoms with van der Waals surface area (Å²) in [5.74, 6) is -0.840. The van der Waals surface area contributed by atoms with Crippen molar-refractivity contribution in [3.63, 3.8) is 0 Å². The summed E-state index contributed by atoms with van der Waals surface area (Å²) in [4.78, 5) is 38.4. The maximum Gasteiger partial charge on any atom is 0.306 e. The Labute approximate surface area is 481 Å². The summed E-state index contributed by atoms with van der Waals surface area (Å²) >= 11 is 0. The number of hydrogen-bond acceptors (Lipinski definition) is 6. The second kappa shape index (κ2) is 66.7. The minimum absolute atomic E-state index is 0.0657. The molecule has 0 bridgehead atoms. The summed E-state index contributed by atoms with van der Waals surface area (Å²) in [6, 6.07) is 0. The number of unbranched alkanes of at least 4 members (excludes halogenated alkanes) is 53. The second-order valence-corrected chi connectivity index (χ2v) is 24.2. The van der Waals surface area contributed by atoms with E-state index in [0.717, 1.165) is 64.2 Å². The highest BCUT2D eigenvalue weighted by Gasteiger charge is 2.19. The van der Waals surface area contributed by atoms with Gasteiger partial charge in [0.2, 0.25) is 0 Å². The van der Waals surface area contributed by atoms with E-state index in [4.69, 9.17) is 14.2 Å². The van der Waals surface area contributed by atoms with Crippen LogP contribution in [-0.4, -0.2) is 37.2 Å². The number of carbonyl (C=O) groups is 3. The lowest BCUT2D eigenvalue weighted by Crippen LogP contribution is -2.30. The molecule has 1 atom stereocenters. The van der Waals surface area contributed by atoms with E-state index >= 15 is 0 Å². The van der Waals surface area contributed by atoms with Crippen LogP contribution in [0.25, 0.3) is 0 Å². The molecule has 0 aromatic rings. The first-order chi connectivity index (χ1) is 38.0. The summed E-state index contributed by atoms with van der Waals surface area (Å²) in [5, 5.41) is 0. The maximum atomic E-state index is 12.9. The predicted molar refractivity (Wildman–Crippen MR) is 335 cm³/mol. The number of rotatable bonds is 66. The van der Waals surface area contributed by atoms with Crippen molar-refractivity contribution in [2.45, 2.75) is 412 Å². The van der Waals surface area contributed by atoms with E-state index in [1.54, 1.807) is 0 Å². The Morgan fingerprint density at radius 2 is 0.429 bits per heavy atom. The van der Waals surface area contributed by atoms with Gasteiger partial charge in [0, 0.05) is 19.3 Å². The van der Waals surface area contributed by atoms with Crippen LogP contribution in [0.3, 0.4) is 0 Å². The SMILES string of the molecule is CCCCCCCC/C=C\CCCCCCCC(=O)OCC(COC(=O)CCCCCCCCCCCCCCCCCCCCCCCCCCCCCC)OC(=O)CCCCCCCCCCCCCCCCCC. The van der Waals surface area contributed by atoms with Crippen LogP contribution < -0.4 is 0 Å². The Balaban J connectivity index is 4.17. The average Bonchev–Trinajstić information content (AvgIpc) is 3.43. The zero-order chi connectivity index (χ0) is 55.7. The van der Waals surface area contributed by atoms with E-state index in [1.807, 2.05) is 0 Å². The number of carbonyl (C=O) groups excluding carboxylic acids is 3. The molecule has 0 fully saturated rings. The maximum absolute atomic E-state index is 12.9. The first kappa shape index (κ1) is 75.2. The van der Waals surface area contributed by atoms with Crippen LogP contribution in [0.15, 0.2) is 12.2 Å². The summed E-state index contributed by atoms with van der Waals surface area (Å²) < 4.78 is 17.0. The van der Waals surface area contributed by atoms with Gasteiger partial charge in [0.05, 0.1) is 0 Å². The molecule has 1 unspecified atom stereocenters. The van der Waals surface area contributed by atoms with Crippen LogP contribution in [-0.2, 0) is 28.6 Å². The molecule has 0 saturated heterocycles. The van der Waals surface area contributed by atoms with Crippen molar-refractivity contribution >= 4 is 17.9 Å². The molecule has 6 heteroatoms. The lowest BCUT2D eigenvalue weighted by Gasteiger charge is -2.18. The van der Waals surface area contributed by atoms with Gasteiger partial charge in [-0.25, -0.2) is 0 Å². The highest BCUT2D eigenvalue weighted by molar-refractivity contribution is 5.71. The van der Waals surface area contributed by atoms with Gasteiger partial charge in [0.25, 0.3) is 0 Å². The van der Waals surface area contributed by atoms with Crippen LogP contribution in [0, 0.1) is 0 Å². The number of esters is 3. The normalized spacial score (nSPS) is 12.0. The van der Waals surface area contributed by atoms with Crippen molar-refractivity contribution in [3.8, 4) is 0 Å². The lowest BCUT2D eigenvalue weighted by molar-refractivity contribution is -0.167. The van der Waals surface area contributed by atoms with Gasteiger partial charge in [-0.05, 0) is 44.9 Å². The molecular weight excluding hydrogens is 949 g/mol. The Hall–Kier alpha value is -1.85. The Morgan fingerprint density at radius 3 is 0.649 bits per heavy atom. The molecule has 456 valence electrons. The molecule has 0 heterocycles. The summed E-state index contributed by atoms with van der Waals surface area (Å²) in [7, 11) is 0. The zero-order valence-electron chi connectivity index (χ0n) is 52.5. The molecule has 0 aliphatic heterocycles. The third-order valence-electron chi connectivity index (χ3n) is 16.3. The molecule has 6 nitrogen and oxygen atoms in total. The molecule has 0 spiro atoms. The second-order valence-electron chi connectivity index (χ2n) is 24.2. The van der Waals surface area contributed by atoms with Gasteiger partial charge < -0.3 is 14.2 Å². The van der Waals surface area contributed by atoms with Gasteiger partial charge >= 0.3 is 17.9 Å². The van der Waals surface area contributed by atoms with E-state index in [-0.39, 0.29) is 31.1 Å². The standard InChI is InChI=1S/C71H136O6/c1-4-7-10-13-16-19-22-25-28-30-31-32-33-34-35-36-37-38-39-40-41-44-46-49-52-55-58-61-64-70(73)76-67-68(66-75-69(72)63-60-57-54-51-48-45-42-27-24-21-18-15-12-9-6-3)77-71(74)65-62-59-56-53-50-47-43-29-26-23-20-17-14-11-8-5-2/h27,42,68H,4-26,28-41,43-67H2,1-3H3/b42-27-. The van der Waals surface area contributed by atoms with Gasteiger partial charge in [0.15, 0.2) is 6.10 Å². The van der Waals surface area contributed by atoms with Gasteiger partial charge in [-0.15, -0.1) is 0 Å². The molecule has 0 aromatic heterocycles. The molecule has 0 rings (SSSR count). The molecule has 0 N–H and O–H groups in total. The molecule has 0 saturated carbocycles. The molecule has 0 aliphatic rings. The van der Waals surface area contributed by atoms with Gasteiger partial charge in [0.1, 0.15) is 13.2 Å². The van der Waals surface area contributed by atoms with E-state index < -0.39 is 6.10 Å². The van der Waals surface area contributed by atoms with Crippen LogP contribution >= 0.6 is 0 Å². The van der Waals surface area contributed by atoms with Crippen molar-refractivity contribution < 1.29 is 28.6 Å². The van der Waals surface area contributed by atoms with Gasteiger partial charge in [-0.1, -0.05) is 354 Å². The van der Waals surface area contributed by atoms with Crippen molar-refractivity contribution in [2.75, 3.05) is 13.2 Å². The lowest BCUT2D eigenvalue weighted by atomic mass is 10.0. The van der Waals surface area contributed by atoms with Crippen LogP contribution in [0.5, 0.6) is 0 Å². The Kier molecular flexibility index (Phi) is 65.1. The Bertz CT molecular complexity index is 1200. The van der Waals surface area contributed by atoms with Crippen molar-refractivity contribution in [2.24, 2.45) is 0 Å². The highest BCUT2D eigenvalue weighted by Crippen LogP contribution is 2.19. The molecule has 0 amide bonds. The fourth-order valence-electron chi connectivity index (χ4n) is 11.0. The highest BCUT2D eigenvalue weighted by atomic mass is 16.6. The van der Waals surface area contributed by atoms with Gasteiger partial charge in [-0.2, -0.15) is 0 Å². The minimum atomic E-state index is -0.769. The van der Waals surface area contributed by atoms with Crippen molar-refractivity contribution in [1.29, 1.82) is 0 Å². The first-order valence-electron chi connectivity index (χ1n) is 35.2. The largest absolute Gasteiger partial charge is 0.462 e. The average molecular weight is 1090 g/mol. The topological polar surface area (TPSA) is 78.9 Å². The fraction of sp³-hybridized carbons (Fsp3) is 0.930. The van der Waals surface area contributed by atoms with Crippen LogP contribution in [0.4, 0.5) is 0 Å². The van der Waals surface area contributed by atoms with E-state index in [2.05, 4.69) is 32.9 Å². The van der Waals surface area contributed by atoms with Crippen molar-refractivity contribution in [3.05, 3.63) is 12.2 Å². The number of ether oxygens (including phenoxy) is 3. The monoisotopic (exact) mass is 1090 g/mol. The number of hydrogen-bond donors (Lipinski definition) is 0. The first-order valence-corrected chi connectivity index (χ1v) is 35.2. The van der Waals surface area contributed by atoms with Gasteiger partial charge in [-0.3, -0.25) is 14.4 Å². The van der Waals surface area contributed by atoms with E-state index in [1.165, 1.54) is 302 Å². The molecule has 0 aromatic carbocycles. The molecule has 0 radical (unpaired) electrons. The predicted octanol–water partition coefficient (Wildman–Crippen LogP) is 24.0. The molecule has 0 aliphatic carbocycles. The third kappa shape index (κ3) is 64.9. The van der Waals surface area contributed by atoms with E-state index in [0.29, 0.717) is 19.3 Å². The quantitative estimate of drug-likeness (QED) is 0.0261. The Morgan fingerprint density at radius 1 is 0.247 bits per heavy atom. The molecular formula is C71H136O6. The van der Waals surface area contributed by atoms with Crippen LogP contribution in [0.2, 0.25) is 0 Å². The summed E-state index contributed by atoms with van der Waals surface area (Å²) in [5.41, 5.74) is 0. The summed E-state index contributed by atoms with van der Waals surface area (Å²) in [6.45, 7) is 6.72. The number of allylic oxidation sites excluding steroid dienone is 2. The minimum Gasteiger partial charge on any atom is -0.462 e.